The Bertz CT molecular complexity index is 534. The average Bonchev–Trinajstić information content (AvgIpc) is 2.76. The molecule has 4 nitrogen and oxygen atoms in total. The van der Waals surface area contributed by atoms with Crippen molar-refractivity contribution in [3.63, 3.8) is 0 Å². The van der Waals surface area contributed by atoms with Crippen molar-refractivity contribution in [1.29, 1.82) is 0 Å². The number of aryl methyl sites for hydroxylation is 2. The highest BCUT2D eigenvalue weighted by atomic mass is 32.2. The maximum absolute atomic E-state index is 10.7. The highest BCUT2D eigenvalue weighted by Gasteiger charge is 2.03. The quantitative estimate of drug-likeness (QED) is 0.841. The van der Waals surface area contributed by atoms with E-state index < -0.39 is 5.97 Å². The second-order valence-electron chi connectivity index (χ2n) is 3.87. The summed E-state index contributed by atoms with van der Waals surface area (Å²) in [4.78, 5) is 11.8. The van der Waals surface area contributed by atoms with Gasteiger partial charge in [-0.3, -0.25) is 4.68 Å². The Labute approximate surface area is 110 Å². The second-order valence-corrected chi connectivity index (χ2v) is 5.04. The molecule has 1 N–H and O–H groups in total. The SMILES string of the molecule is Cn1nccc1CCSc1ccc(C(=O)O)cc1. The number of thioether (sulfide) groups is 1. The largest absolute Gasteiger partial charge is 0.478 e. The fourth-order valence-electron chi connectivity index (χ4n) is 1.61. The van der Waals surface area contributed by atoms with Gasteiger partial charge in [-0.2, -0.15) is 5.10 Å². The first kappa shape index (κ1) is 12.7. The molecule has 0 saturated heterocycles. The number of benzene rings is 1. The molecule has 0 atom stereocenters. The standard InChI is InChI=1S/C13H14N2O2S/c1-15-11(6-8-14-15)7-9-18-12-4-2-10(3-5-12)13(16)17/h2-6,8H,7,9H2,1H3,(H,16,17). The minimum absolute atomic E-state index is 0.325. The molecule has 0 amide bonds. The number of carboxylic acids is 1. The lowest BCUT2D eigenvalue weighted by molar-refractivity contribution is 0.0697. The summed E-state index contributed by atoms with van der Waals surface area (Å²) >= 11 is 1.71. The van der Waals surface area contributed by atoms with Gasteiger partial charge in [0.25, 0.3) is 0 Å². The third-order valence-electron chi connectivity index (χ3n) is 2.65. The van der Waals surface area contributed by atoms with Gasteiger partial charge in [0, 0.05) is 29.6 Å². The van der Waals surface area contributed by atoms with Gasteiger partial charge >= 0.3 is 5.97 Å². The van der Waals surface area contributed by atoms with E-state index in [0.717, 1.165) is 17.1 Å². The first-order valence-corrected chi connectivity index (χ1v) is 6.58. The third kappa shape index (κ3) is 3.13. The van der Waals surface area contributed by atoms with Crippen molar-refractivity contribution in [2.45, 2.75) is 11.3 Å². The number of hydrogen-bond acceptors (Lipinski definition) is 3. The van der Waals surface area contributed by atoms with Crippen LogP contribution in [-0.4, -0.2) is 26.6 Å². The van der Waals surface area contributed by atoms with E-state index in [1.54, 1.807) is 30.1 Å². The van der Waals surface area contributed by atoms with Crippen LogP contribution in [0.5, 0.6) is 0 Å². The molecule has 0 bridgehead atoms. The van der Waals surface area contributed by atoms with Crippen molar-refractivity contribution >= 4 is 17.7 Å². The molecule has 0 spiro atoms. The predicted molar refractivity (Wildman–Crippen MR) is 71.0 cm³/mol. The number of aromatic nitrogens is 2. The Hall–Kier alpha value is -1.75. The molecule has 0 fully saturated rings. The topological polar surface area (TPSA) is 55.1 Å². The van der Waals surface area contributed by atoms with Crippen LogP contribution in [0.1, 0.15) is 16.1 Å². The van der Waals surface area contributed by atoms with E-state index in [1.165, 1.54) is 5.69 Å². The van der Waals surface area contributed by atoms with Crippen LogP contribution < -0.4 is 0 Å². The van der Waals surface area contributed by atoms with E-state index in [4.69, 9.17) is 5.11 Å². The van der Waals surface area contributed by atoms with Gasteiger partial charge in [-0.25, -0.2) is 4.79 Å². The van der Waals surface area contributed by atoms with E-state index in [0.29, 0.717) is 5.56 Å². The van der Waals surface area contributed by atoms with E-state index in [2.05, 4.69) is 5.10 Å². The monoisotopic (exact) mass is 262 g/mol. The van der Waals surface area contributed by atoms with Gasteiger partial charge in [-0.05, 0) is 36.8 Å². The van der Waals surface area contributed by atoms with Crippen LogP contribution in [-0.2, 0) is 13.5 Å². The van der Waals surface area contributed by atoms with Gasteiger partial charge in [0.1, 0.15) is 0 Å². The van der Waals surface area contributed by atoms with Crippen LogP contribution >= 0.6 is 11.8 Å². The van der Waals surface area contributed by atoms with Crippen molar-refractivity contribution in [1.82, 2.24) is 9.78 Å². The summed E-state index contributed by atoms with van der Waals surface area (Å²) in [5.41, 5.74) is 1.52. The normalized spacial score (nSPS) is 10.5. The lowest BCUT2D eigenvalue weighted by Crippen LogP contribution is -1.99. The van der Waals surface area contributed by atoms with Gasteiger partial charge < -0.3 is 5.11 Å². The molecule has 0 radical (unpaired) electrons. The van der Waals surface area contributed by atoms with Gasteiger partial charge in [0.05, 0.1) is 5.56 Å². The molecule has 1 aromatic heterocycles. The van der Waals surface area contributed by atoms with Crippen LogP contribution in [0, 0.1) is 0 Å². The minimum Gasteiger partial charge on any atom is -0.478 e. The Morgan fingerprint density at radius 2 is 2.06 bits per heavy atom. The Morgan fingerprint density at radius 3 is 2.61 bits per heavy atom. The van der Waals surface area contributed by atoms with Gasteiger partial charge in [0.2, 0.25) is 0 Å². The first-order chi connectivity index (χ1) is 8.66. The van der Waals surface area contributed by atoms with Crippen LogP contribution in [0.25, 0.3) is 0 Å². The van der Waals surface area contributed by atoms with E-state index in [1.807, 2.05) is 29.9 Å². The molecule has 0 aliphatic heterocycles. The zero-order valence-corrected chi connectivity index (χ0v) is 10.9. The number of hydrogen-bond donors (Lipinski definition) is 1. The second kappa shape index (κ2) is 5.73. The third-order valence-corrected chi connectivity index (χ3v) is 3.66. The summed E-state index contributed by atoms with van der Waals surface area (Å²) in [6.45, 7) is 0. The van der Waals surface area contributed by atoms with Crippen LogP contribution in [0.2, 0.25) is 0 Å². The minimum atomic E-state index is -0.888. The summed E-state index contributed by atoms with van der Waals surface area (Å²) < 4.78 is 1.87. The van der Waals surface area contributed by atoms with E-state index in [9.17, 15) is 4.79 Å². The summed E-state index contributed by atoms with van der Waals surface area (Å²) in [5, 5.41) is 12.9. The first-order valence-electron chi connectivity index (χ1n) is 5.60. The van der Waals surface area contributed by atoms with Crippen LogP contribution in [0.15, 0.2) is 41.4 Å². The number of carboxylic acid groups (broad SMARTS) is 1. The molecular formula is C13H14N2O2S. The maximum Gasteiger partial charge on any atom is 0.335 e. The lowest BCUT2D eigenvalue weighted by Gasteiger charge is -2.03. The van der Waals surface area contributed by atoms with Crippen molar-refractivity contribution in [2.24, 2.45) is 7.05 Å². The van der Waals surface area contributed by atoms with E-state index >= 15 is 0 Å². The highest BCUT2D eigenvalue weighted by molar-refractivity contribution is 7.99. The zero-order chi connectivity index (χ0) is 13.0. The fourth-order valence-corrected chi connectivity index (χ4v) is 2.49. The van der Waals surface area contributed by atoms with Gasteiger partial charge in [0.15, 0.2) is 0 Å². The molecule has 18 heavy (non-hydrogen) atoms. The molecule has 0 aliphatic carbocycles. The zero-order valence-electron chi connectivity index (χ0n) is 10.0. The van der Waals surface area contributed by atoms with Crippen molar-refractivity contribution < 1.29 is 9.90 Å². The van der Waals surface area contributed by atoms with Crippen molar-refractivity contribution in [3.05, 3.63) is 47.8 Å². The smallest absolute Gasteiger partial charge is 0.335 e. The Kier molecular flexibility index (Phi) is 4.04. The number of aromatic carboxylic acids is 1. The number of nitrogens with zero attached hydrogens (tertiary/aromatic N) is 2. The Morgan fingerprint density at radius 1 is 1.33 bits per heavy atom. The molecule has 94 valence electrons. The molecule has 5 heteroatoms. The average molecular weight is 262 g/mol. The molecular weight excluding hydrogens is 248 g/mol. The fraction of sp³-hybridized carbons (Fsp3) is 0.231. The summed E-state index contributed by atoms with van der Waals surface area (Å²) in [7, 11) is 1.93. The van der Waals surface area contributed by atoms with Crippen molar-refractivity contribution in [2.75, 3.05) is 5.75 Å². The predicted octanol–water partition coefficient (Wildman–Crippen LogP) is 2.45. The molecule has 2 aromatic rings. The van der Waals surface area contributed by atoms with Crippen LogP contribution in [0.4, 0.5) is 0 Å². The Balaban J connectivity index is 1.87. The number of carbonyl (C=O) groups is 1. The molecule has 0 unspecified atom stereocenters. The summed E-state index contributed by atoms with van der Waals surface area (Å²) in [6, 6.07) is 8.96. The van der Waals surface area contributed by atoms with Gasteiger partial charge in [-0.15, -0.1) is 11.8 Å². The summed E-state index contributed by atoms with van der Waals surface area (Å²) in [5.74, 6) is 0.0628. The van der Waals surface area contributed by atoms with E-state index in [-0.39, 0.29) is 0 Å². The highest BCUT2D eigenvalue weighted by Crippen LogP contribution is 2.19. The lowest BCUT2D eigenvalue weighted by atomic mass is 10.2. The molecule has 0 saturated carbocycles. The maximum atomic E-state index is 10.7. The van der Waals surface area contributed by atoms with Crippen molar-refractivity contribution in [3.8, 4) is 0 Å². The molecule has 1 aromatic carbocycles. The molecule has 2 rings (SSSR count). The molecule has 0 aliphatic rings. The summed E-state index contributed by atoms with van der Waals surface area (Å²) in [6.07, 6.45) is 2.74. The molecule has 1 heterocycles. The van der Waals surface area contributed by atoms with Crippen LogP contribution in [0.3, 0.4) is 0 Å². The van der Waals surface area contributed by atoms with Gasteiger partial charge in [-0.1, -0.05) is 0 Å². The number of rotatable bonds is 5.